The van der Waals surface area contributed by atoms with Crippen LogP contribution in [-0.4, -0.2) is 15.0 Å². The Morgan fingerprint density at radius 2 is 2.14 bits per heavy atom. The Morgan fingerprint density at radius 3 is 2.57 bits per heavy atom. The van der Waals surface area contributed by atoms with Crippen molar-refractivity contribution in [2.45, 2.75) is 6.43 Å². The Balaban J connectivity index is 3.52. The van der Waals surface area contributed by atoms with E-state index in [1.54, 1.807) is 4.98 Å². The summed E-state index contributed by atoms with van der Waals surface area (Å²) in [6.45, 7) is 0. The summed E-state index contributed by atoms with van der Waals surface area (Å²) in [5, 5.41) is 19.1. The highest BCUT2D eigenvalue weighted by Gasteiger charge is 2.26. The second-order valence-electron chi connectivity index (χ2n) is 2.34. The fourth-order valence-electron chi connectivity index (χ4n) is 0.902. The van der Waals surface area contributed by atoms with E-state index in [2.05, 4.69) is 0 Å². The summed E-state index contributed by atoms with van der Waals surface area (Å²) in [6, 6.07) is 0.453. The van der Waals surface area contributed by atoms with E-state index in [-0.39, 0.29) is 0 Å². The molecule has 76 valence electrons. The minimum Gasteiger partial charge on any atom is -0.507 e. The molecule has 0 unspecified atom stereocenters. The highest BCUT2D eigenvalue weighted by Crippen LogP contribution is 2.32. The van der Waals surface area contributed by atoms with Crippen molar-refractivity contribution >= 4 is 5.82 Å². The number of hydrogen-bond donors (Lipinski definition) is 2. The van der Waals surface area contributed by atoms with E-state index in [1.165, 1.54) is 0 Å². The summed E-state index contributed by atoms with van der Waals surface area (Å²) in [5.74, 6) is -2.28. The number of aromatic nitrogens is 1. The summed E-state index contributed by atoms with van der Waals surface area (Å²) < 4.78 is 24.4. The standard InChI is InChI=1S/C6H4F2N2O4/c7-5(8)4-2(11)1-3(12)9-6(4)10(13)14/h1,5H,(H2,9,11,12). The smallest absolute Gasteiger partial charge is 0.336 e. The fourth-order valence-corrected chi connectivity index (χ4v) is 0.902. The second-order valence-corrected chi connectivity index (χ2v) is 2.34. The zero-order valence-corrected chi connectivity index (χ0v) is 6.53. The number of aromatic hydroxyl groups is 1. The fraction of sp³-hybridized carbons (Fsp3) is 0.167. The average Bonchev–Trinajstić information content (AvgIpc) is 2.01. The highest BCUT2D eigenvalue weighted by molar-refractivity contribution is 5.43. The van der Waals surface area contributed by atoms with Gasteiger partial charge in [0.15, 0.2) is 5.56 Å². The van der Waals surface area contributed by atoms with Crippen molar-refractivity contribution in [1.82, 2.24) is 4.98 Å². The van der Waals surface area contributed by atoms with Crippen molar-refractivity contribution < 1.29 is 18.8 Å². The van der Waals surface area contributed by atoms with Crippen LogP contribution in [0.5, 0.6) is 5.75 Å². The molecule has 0 radical (unpaired) electrons. The molecule has 0 aliphatic heterocycles. The van der Waals surface area contributed by atoms with E-state index in [0.717, 1.165) is 0 Å². The predicted octanol–water partition coefficient (Wildman–Crippen LogP) is 0.926. The SMILES string of the molecule is O=c1cc(O)c(C(F)F)c([N+](=O)[O-])[nH]1. The van der Waals surface area contributed by atoms with Gasteiger partial charge in [0.1, 0.15) is 5.75 Å². The van der Waals surface area contributed by atoms with Crippen LogP contribution in [0.25, 0.3) is 0 Å². The van der Waals surface area contributed by atoms with Gasteiger partial charge in [-0.15, -0.1) is 0 Å². The van der Waals surface area contributed by atoms with E-state index in [9.17, 15) is 23.7 Å². The molecule has 0 saturated carbocycles. The Kier molecular flexibility index (Phi) is 2.45. The van der Waals surface area contributed by atoms with E-state index in [4.69, 9.17) is 5.11 Å². The van der Waals surface area contributed by atoms with Gasteiger partial charge in [0.05, 0.1) is 6.07 Å². The van der Waals surface area contributed by atoms with Crippen molar-refractivity contribution in [3.05, 3.63) is 32.1 Å². The van der Waals surface area contributed by atoms with Gasteiger partial charge >= 0.3 is 11.4 Å². The molecule has 0 bridgehead atoms. The molecule has 1 heterocycles. The lowest BCUT2D eigenvalue weighted by molar-refractivity contribution is -0.391. The molecule has 0 saturated heterocycles. The van der Waals surface area contributed by atoms with Gasteiger partial charge in [-0.25, -0.2) is 18.6 Å². The molecule has 0 aliphatic carbocycles. The minimum absolute atomic E-state index is 0.453. The monoisotopic (exact) mass is 206 g/mol. The van der Waals surface area contributed by atoms with E-state index < -0.39 is 34.0 Å². The zero-order valence-electron chi connectivity index (χ0n) is 6.53. The van der Waals surface area contributed by atoms with Crippen LogP contribution in [0.4, 0.5) is 14.6 Å². The maximum Gasteiger partial charge on any atom is 0.336 e. The number of aromatic amines is 1. The first-order valence-electron chi connectivity index (χ1n) is 3.32. The van der Waals surface area contributed by atoms with E-state index >= 15 is 0 Å². The summed E-state index contributed by atoms with van der Waals surface area (Å²) in [5.41, 5.74) is -2.20. The topological polar surface area (TPSA) is 96.2 Å². The minimum atomic E-state index is -3.23. The number of nitro groups is 1. The van der Waals surface area contributed by atoms with Crippen molar-refractivity contribution in [3.63, 3.8) is 0 Å². The van der Waals surface area contributed by atoms with Crippen LogP contribution in [0.2, 0.25) is 0 Å². The number of rotatable bonds is 2. The first-order chi connectivity index (χ1) is 6.43. The number of nitrogens with one attached hydrogen (secondary N) is 1. The number of pyridine rings is 1. The van der Waals surface area contributed by atoms with E-state index in [1.807, 2.05) is 0 Å². The maximum absolute atomic E-state index is 12.2. The van der Waals surface area contributed by atoms with E-state index in [0.29, 0.717) is 6.07 Å². The summed E-state index contributed by atoms with van der Waals surface area (Å²) in [7, 11) is 0. The van der Waals surface area contributed by atoms with Crippen molar-refractivity contribution in [3.8, 4) is 5.75 Å². The number of nitrogens with zero attached hydrogens (tertiary/aromatic N) is 1. The molecular formula is C6H4F2N2O4. The first-order valence-corrected chi connectivity index (χ1v) is 3.32. The van der Waals surface area contributed by atoms with Crippen molar-refractivity contribution in [1.29, 1.82) is 0 Å². The van der Waals surface area contributed by atoms with Crippen LogP contribution in [0.1, 0.15) is 12.0 Å². The lowest BCUT2D eigenvalue weighted by atomic mass is 10.2. The van der Waals surface area contributed by atoms with Gasteiger partial charge in [-0.1, -0.05) is 0 Å². The third-order valence-electron chi connectivity index (χ3n) is 1.44. The molecule has 2 N–H and O–H groups in total. The Labute approximate surface area is 75.0 Å². The summed E-state index contributed by atoms with van der Waals surface area (Å²) >= 11 is 0. The molecule has 1 rings (SSSR count). The van der Waals surface area contributed by atoms with Gasteiger partial charge in [-0.2, -0.15) is 0 Å². The zero-order chi connectivity index (χ0) is 10.9. The lowest BCUT2D eigenvalue weighted by Crippen LogP contribution is -2.10. The predicted molar refractivity (Wildman–Crippen MR) is 40.3 cm³/mol. The summed E-state index contributed by atoms with van der Waals surface area (Å²) in [4.78, 5) is 21.3. The van der Waals surface area contributed by atoms with Crippen LogP contribution in [0, 0.1) is 10.1 Å². The maximum atomic E-state index is 12.2. The average molecular weight is 206 g/mol. The Hall–Kier alpha value is -1.99. The molecule has 0 aliphatic rings. The van der Waals surface area contributed by atoms with Gasteiger partial charge in [0, 0.05) is 0 Å². The highest BCUT2D eigenvalue weighted by atomic mass is 19.3. The molecule has 0 amide bonds. The molecule has 8 heteroatoms. The first kappa shape index (κ1) is 10.1. The molecule has 0 fully saturated rings. The molecule has 0 aromatic carbocycles. The molecule has 1 aromatic heterocycles. The van der Waals surface area contributed by atoms with Gasteiger partial charge in [0.25, 0.3) is 6.43 Å². The molecule has 0 spiro atoms. The lowest BCUT2D eigenvalue weighted by Gasteiger charge is -2.03. The van der Waals surface area contributed by atoms with Gasteiger partial charge in [0.2, 0.25) is 0 Å². The number of alkyl halides is 2. The van der Waals surface area contributed by atoms with Gasteiger partial charge < -0.3 is 15.2 Å². The molecule has 1 aromatic rings. The third kappa shape index (κ3) is 1.68. The van der Waals surface area contributed by atoms with Gasteiger partial charge in [-0.05, 0) is 4.92 Å². The quantitative estimate of drug-likeness (QED) is 0.555. The van der Waals surface area contributed by atoms with Crippen molar-refractivity contribution in [2.24, 2.45) is 0 Å². The third-order valence-corrected chi connectivity index (χ3v) is 1.44. The van der Waals surface area contributed by atoms with Crippen LogP contribution in [-0.2, 0) is 0 Å². The largest absolute Gasteiger partial charge is 0.507 e. The second kappa shape index (κ2) is 3.40. The Morgan fingerprint density at radius 1 is 1.57 bits per heavy atom. The van der Waals surface area contributed by atoms with Crippen LogP contribution in [0.3, 0.4) is 0 Å². The number of hydrogen-bond acceptors (Lipinski definition) is 4. The van der Waals surface area contributed by atoms with Gasteiger partial charge in [-0.3, -0.25) is 0 Å². The Bertz CT molecular complexity index is 428. The van der Waals surface area contributed by atoms with Crippen LogP contribution >= 0.6 is 0 Å². The van der Waals surface area contributed by atoms with Crippen LogP contribution < -0.4 is 5.56 Å². The molecule has 0 atom stereocenters. The molecular weight excluding hydrogens is 202 g/mol. The summed E-state index contributed by atoms with van der Waals surface area (Å²) in [6.07, 6.45) is -3.23. The number of H-pyrrole nitrogens is 1. The van der Waals surface area contributed by atoms with Crippen LogP contribution in [0.15, 0.2) is 10.9 Å². The number of halogens is 2. The molecule has 14 heavy (non-hydrogen) atoms. The normalized spacial score (nSPS) is 10.5. The van der Waals surface area contributed by atoms with Crippen molar-refractivity contribution in [2.75, 3.05) is 0 Å². The molecule has 6 nitrogen and oxygen atoms in total.